The number of carbonyl (C=O) groups excluding carboxylic acids is 2. The maximum Gasteiger partial charge on any atom is 0.321 e. The normalized spacial score (nSPS) is 16.4. The fourth-order valence-corrected chi connectivity index (χ4v) is 2.08. The smallest absolute Gasteiger partial charge is 0.321 e. The number of amides is 1. The molecule has 102 valence electrons. The Balaban J connectivity index is 2.18. The van der Waals surface area contributed by atoms with Gasteiger partial charge >= 0.3 is 5.97 Å². The average molecular weight is 269 g/mol. The van der Waals surface area contributed by atoms with E-state index in [0.29, 0.717) is 18.9 Å². The van der Waals surface area contributed by atoms with Crippen LogP contribution in [0.5, 0.6) is 0 Å². The number of benzene rings is 1. The SMILES string of the molecule is COC(=O)C1(C(=O)Nc2ccc(F)cc2F)CCC1. The first kappa shape index (κ1) is 13.5. The molecule has 0 spiro atoms. The lowest BCUT2D eigenvalue weighted by Crippen LogP contribution is -2.49. The summed E-state index contributed by atoms with van der Waals surface area (Å²) in [4.78, 5) is 23.7. The van der Waals surface area contributed by atoms with E-state index < -0.39 is 28.9 Å². The van der Waals surface area contributed by atoms with Crippen LogP contribution in [0, 0.1) is 17.0 Å². The van der Waals surface area contributed by atoms with E-state index in [4.69, 9.17) is 0 Å². The number of anilines is 1. The van der Waals surface area contributed by atoms with Gasteiger partial charge in [0.05, 0.1) is 12.8 Å². The Morgan fingerprint density at radius 1 is 1.32 bits per heavy atom. The summed E-state index contributed by atoms with van der Waals surface area (Å²) in [5.74, 6) is -2.86. The third kappa shape index (κ3) is 2.30. The molecule has 0 atom stereocenters. The van der Waals surface area contributed by atoms with E-state index in [1.165, 1.54) is 7.11 Å². The summed E-state index contributed by atoms with van der Waals surface area (Å²) in [6.07, 6.45) is 1.47. The molecule has 1 aromatic carbocycles. The van der Waals surface area contributed by atoms with Gasteiger partial charge in [0.1, 0.15) is 17.0 Å². The zero-order chi connectivity index (χ0) is 14.0. The predicted molar refractivity (Wildman–Crippen MR) is 63.3 cm³/mol. The molecule has 1 amide bonds. The van der Waals surface area contributed by atoms with Crippen molar-refractivity contribution in [3.8, 4) is 0 Å². The largest absolute Gasteiger partial charge is 0.468 e. The van der Waals surface area contributed by atoms with E-state index in [1.807, 2.05) is 0 Å². The van der Waals surface area contributed by atoms with Crippen molar-refractivity contribution >= 4 is 17.6 Å². The van der Waals surface area contributed by atoms with Crippen LogP contribution in [0.3, 0.4) is 0 Å². The Hall–Kier alpha value is -1.98. The minimum Gasteiger partial charge on any atom is -0.468 e. The van der Waals surface area contributed by atoms with Crippen molar-refractivity contribution in [1.29, 1.82) is 0 Å². The van der Waals surface area contributed by atoms with Gasteiger partial charge in [-0.2, -0.15) is 0 Å². The molecule has 0 radical (unpaired) electrons. The van der Waals surface area contributed by atoms with Crippen LogP contribution in [-0.4, -0.2) is 19.0 Å². The molecule has 1 aliphatic rings. The average Bonchev–Trinajstić information content (AvgIpc) is 2.31. The number of rotatable bonds is 3. The first-order chi connectivity index (χ1) is 8.99. The van der Waals surface area contributed by atoms with Gasteiger partial charge in [0.2, 0.25) is 5.91 Å². The zero-order valence-electron chi connectivity index (χ0n) is 10.3. The fraction of sp³-hybridized carbons (Fsp3) is 0.385. The predicted octanol–water partition coefficient (Wildman–Crippen LogP) is 2.25. The van der Waals surface area contributed by atoms with Gasteiger partial charge in [-0.3, -0.25) is 9.59 Å². The van der Waals surface area contributed by atoms with Gasteiger partial charge in [0.15, 0.2) is 0 Å². The molecule has 2 rings (SSSR count). The van der Waals surface area contributed by atoms with Crippen molar-refractivity contribution in [1.82, 2.24) is 0 Å². The lowest BCUT2D eigenvalue weighted by atomic mass is 9.68. The van der Waals surface area contributed by atoms with Gasteiger partial charge in [-0.05, 0) is 25.0 Å². The molecule has 0 unspecified atom stereocenters. The lowest BCUT2D eigenvalue weighted by molar-refractivity contribution is -0.163. The molecule has 0 saturated heterocycles. The minimum absolute atomic E-state index is 0.151. The Bertz CT molecular complexity index is 527. The number of hydrogen-bond acceptors (Lipinski definition) is 3. The first-order valence-corrected chi connectivity index (χ1v) is 5.84. The van der Waals surface area contributed by atoms with E-state index in [-0.39, 0.29) is 5.69 Å². The van der Waals surface area contributed by atoms with Gasteiger partial charge in [-0.1, -0.05) is 6.42 Å². The Labute approximate surface area is 108 Å². The second-order valence-electron chi connectivity index (χ2n) is 4.51. The molecule has 0 aliphatic heterocycles. The molecule has 19 heavy (non-hydrogen) atoms. The molecule has 1 aliphatic carbocycles. The maximum atomic E-state index is 13.4. The number of esters is 1. The zero-order valence-corrected chi connectivity index (χ0v) is 10.3. The number of hydrogen-bond donors (Lipinski definition) is 1. The monoisotopic (exact) mass is 269 g/mol. The van der Waals surface area contributed by atoms with Crippen molar-refractivity contribution in [3.63, 3.8) is 0 Å². The van der Waals surface area contributed by atoms with Crippen LogP contribution < -0.4 is 5.32 Å². The lowest BCUT2D eigenvalue weighted by Gasteiger charge is -2.36. The second-order valence-corrected chi connectivity index (χ2v) is 4.51. The summed E-state index contributed by atoms with van der Waals surface area (Å²) < 4.78 is 30.8. The van der Waals surface area contributed by atoms with Crippen molar-refractivity contribution in [2.75, 3.05) is 12.4 Å². The third-order valence-corrected chi connectivity index (χ3v) is 3.40. The second kappa shape index (κ2) is 4.95. The Kier molecular flexibility index (Phi) is 3.50. The number of ether oxygens (including phenoxy) is 1. The highest BCUT2D eigenvalue weighted by Crippen LogP contribution is 2.43. The molecule has 0 bridgehead atoms. The van der Waals surface area contributed by atoms with E-state index in [9.17, 15) is 18.4 Å². The maximum absolute atomic E-state index is 13.4. The summed E-state index contributed by atoms with van der Waals surface area (Å²) in [6.45, 7) is 0. The van der Waals surface area contributed by atoms with Crippen LogP contribution in [0.2, 0.25) is 0 Å². The highest BCUT2D eigenvalue weighted by molar-refractivity contribution is 6.09. The molecule has 4 nitrogen and oxygen atoms in total. The van der Waals surface area contributed by atoms with Crippen molar-refractivity contribution in [2.45, 2.75) is 19.3 Å². The topological polar surface area (TPSA) is 55.4 Å². The molecule has 0 aromatic heterocycles. The summed E-state index contributed by atoms with van der Waals surface area (Å²) in [5.41, 5.74) is -1.39. The van der Waals surface area contributed by atoms with E-state index in [2.05, 4.69) is 10.1 Å². The molecule has 1 saturated carbocycles. The molecule has 6 heteroatoms. The van der Waals surface area contributed by atoms with Crippen LogP contribution in [0.15, 0.2) is 18.2 Å². The van der Waals surface area contributed by atoms with Crippen molar-refractivity contribution < 1.29 is 23.1 Å². The fourth-order valence-electron chi connectivity index (χ4n) is 2.08. The Morgan fingerprint density at radius 3 is 2.47 bits per heavy atom. The highest BCUT2D eigenvalue weighted by Gasteiger charge is 2.52. The molecule has 1 aromatic rings. The van der Waals surface area contributed by atoms with Crippen LogP contribution in [0.1, 0.15) is 19.3 Å². The standard InChI is InChI=1S/C13H13F2NO3/c1-19-12(18)13(5-2-6-13)11(17)16-10-4-3-8(14)7-9(10)15/h3-4,7H,2,5-6H2,1H3,(H,16,17). The molecule has 1 N–H and O–H groups in total. The summed E-state index contributed by atoms with van der Waals surface area (Å²) in [7, 11) is 1.20. The van der Waals surface area contributed by atoms with E-state index in [0.717, 1.165) is 18.6 Å². The van der Waals surface area contributed by atoms with Crippen LogP contribution in [0.25, 0.3) is 0 Å². The first-order valence-electron chi connectivity index (χ1n) is 5.84. The minimum atomic E-state index is -1.24. The van der Waals surface area contributed by atoms with Gasteiger partial charge < -0.3 is 10.1 Å². The van der Waals surface area contributed by atoms with E-state index in [1.54, 1.807) is 0 Å². The summed E-state index contributed by atoms with van der Waals surface area (Å²) >= 11 is 0. The van der Waals surface area contributed by atoms with E-state index >= 15 is 0 Å². The van der Waals surface area contributed by atoms with Gasteiger partial charge in [-0.25, -0.2) is 8.78 Å². The van der Waals surface area contributed by atoms with Crippen molar-refractivity contribution in [3.05, 3.63) is 29.8 Å². The molecule has 1 fully saturated rings. The number of nitrogens with one attached hydrogen (secondary N) is 1. The summed E-state index contributed by atoms with van der Waals surface area (Å²) in [5, 5.41) is 2.31. The molecule has 0 heterocycles. The van der Waals surface area contributed by atoms with Crippen LogP contribution in [-0.2, 0) is 14.3 Å². The van der Waals surface area contributed by atoms with Crippen molar-refractivity contribution in [2.24, 2.45) is 5.41 Å². The number of methoxy groups -OCH3 is 1. The molecular weight excluding hydrogens is 256 g/mol. The quantitative estimate of drug-likeness (QED) is 0.676. The van der Waals surface area contributed by atoms with Gasteiger partial charge in [-0.15, -0.1) is 0 Å². The third-order valence-electron chi connectivity index (χ3n) is 3.40. The Morgan fingerprint density at radius 2 is 2.00 bits per heavy atom. The highest BCUT2D eigenvalue weighted by atomic mass is 19.1. The van der Waals surface area contributed by atoms with Gasteiger partial charge in [0.25, 0.3) is 0 Å². The summed E-state index contributed by atoms with van der Waals surface area (Å²) in [6, 6.07) is 2.82. The number of carbonyl (C=O) groups is 2. The molecular formula is C13H13F2NO3. The number of halogens is 2. The van der Waals surface area contributed by atoms with Crippen LogP contribution >= 0.6 is 0 Å². The van der Waals surface area contributed by atoms with Gasteiger partial charge in [0, 0.05) is 6.07 Å². The van der Waals surface area contributed by atoms with Crippen LogP contribution in [0.4, 0.5) is 14.5 Å².